The zero-order valence-electron chi connectivity index (χ0n) is 15.6. The van der Waals surface area contributed by atoms with Gasteiger partial charge in [0.25, 0.3) is 11.8 Å². The highest BCUT2D eigenvalue weighted by Crippen LogP contribution is 2.32. The summed E-state index contributed by atoms with van der Waals surface area (Å²) in [5.74, 6) is 0.664. The van der Waals surface area contributed by atoms with Crippen LogP contribution < -0.4 is 19.7 Å². The van der Waals surface area contributed by atoms with Gasteiger partial charge in [0.05, 0.1) is 14.2 Å². The quantitative estimate of drug-likeness (QED) is 0.845. The van der Waals surface area contributed by atoms with Crippen molar-refractivity contribution in [1.82, 2.24) is 0 Å². The number of ether oxygens (including phenoxy) is 3. The number of nitrogens with zero attached hydrogens (tertiary/aromatic N) is 1. The van der Waals surface area contributed by atoms with Crippen LogP contribution in [0, 0.1) is 0 Å². The molecule has 0 atom stereocenters. The van der Waals surface area contributed by atoms with Crippen LogP contribution in [0.1, 0.15) is 15.9 Å². The summed E-state index contributed by atoms with van der Waals surface area (Å²) in [5.41, 5.74) is 2.94. The van der Waals surface area contributed by atoms with E-state index in [1.54, 1.807) is 30.2 Å². The van der Waals surface area contributed by atoms with Crippen molar-refractivity contribution in [3.63, 3.8) is 0 Å². The molecule has 0 aliphatic carbocycles. The molecule has 0 aromatic heterocycles. The molecule has 1 N–H and O–H groups in total. The predicted molar refractivity (Wildman–Crippen MR) is 102 cm³/mol. The Morgan fingerprint density at radius 3 is 2.52 bits per heavy atom. The second-order valence-corrected chi connectivity index (χ2v) is 6.10. The highest BCUT2D eigenvalue weighted by Gasteiger charge is 2.25. The Morgan fingerprint density at radius 2 is 1.81 bits per heavy atom. The fraction of sp³-hybridized carbons (Fsp3) is 0.300. The van der Waals surface area contributed by atoms with Crippen LogP contribution in [0.25, 0.3) is 0 Å². The second-order valence-electron chi connectivity index (χ2n) is 6.10. The average Bonchev–Trinajstić information content (AvgIpc) is 3.10. The standard InChI is InChI=1S/C20H22N2O5/c1-25-12-19(23)22-9-8-13-4-6-15(11-16(13)22)21-20(24)14-5-7-17(26-2)18(10-14)27-3/h4-7,10-11H,8-9,12H2,1-3H3,(H,21,24). The van der Waals surface area contributed by atoms with Crippen LogP contribution in [-0.2, 0) is 16.0 Å². The summed E-state index contributed by atoms with van der Waals surface area (Å²) in [6, 6.07) is 10.5. The summed E-state index contributed by atoms with van der Waals surface area (Å²) in [6.07, 6.45) is 0.786. The van der Waals surface area contributed by atoms with Gasteiger partial charge in [0.15, 0.2) is 11.5 Å². The van der Waals surface area contributed by atoms with Crippen LogP contribution >= 0.6 is 0 Å². The van der Waals surface area contributed by atoms with Gasteiger partial charge in [-0.2, -0.15) is 0 Å². The molecule has 27 heavy (non-hydrogen) atoms. The van der Waals surface area contributed by atoms with Gasteiger partial charge in [-0.05, 0) is 42.3 Å². The Labute approximate surface area is 157 Å². The van der Waals surface area contributed by atoms with Gasteiger partial charge in [0.2, 0.25) is 0 Å². The number of hydrogen-bond acceptors (Lipinski definition) is 5. The molecule has 2 aromatic rings. The van der Waals surface area contributed by atoms with E-state index in [1.807, 2.05) is 18.2 Å². The molecule has 0 saturated heterocycles. The number of benzene rings is 2. The largest absolute Gasteiger partial charge is 0.493 e. The van der Waals surface area contributed by atoms with E-state index in [0.29, 0.717) is 29.3 Å². The van der Waals surface area contributed by atoms with E-state index in [1.165, 1.54) is 14.2 Å². The molecule has 3 rings (SSSR count). The monoisotopic (exact) mass is 370 g/mol. The van der Waals surface area contributed by atoms with E-state index in [9.17, 15) is 9.59 Å². The fourth-order valence-electron chi connectivity index (χ4n) is 3.10. The minimum Gasteiger partial charge on any atom is -0.493 e. The van der Waals surface area contributed by atoms with Crippen LogP contribution in [0.2, 0.25) is 0 Å². The smallest absolute Gasteiger partial charge is 0.255 e. The highest BCUT2D eigenvalue weighted by atomic mass is 16.5. The van der Waals surface area contributed by atoms with Crippen LogP contribution in [0.15, 0.2) is 36.4 Å². The number of fused-ring (bicyclic) bond motifs is 1. The molecule has 7 nitrogen and oxygen atoms in total. The van der Waals surface area contributed by atoms with E-state index in [4.69, 9.17) is 14.2 Å². The van der Waals surface area contributed by atoms with Gasteiger partial charge >= 0.3 is 0 Å². The van der Waals surface area contributed by atoms with Gasteiger partial charge < -0.3 is 24.4 Å². The first-order valence-corrected chi connectivity index (χ1v) is 8.53. The number of hydrogen-bond donors (Lipinski definition) is 1. The van der Waals surface area contributed by atoms with E-state index in [0.717, 1.165) is 17.7 Å². The topological polar surface area (TPSA) is 77.1 Å². The predicted octanol–water partition coefficient (Wildman–Crippen LogP) is 2.49. The molecule has 1 aliphatic rings. The van der Waals surface area contributed by atoms with E-state index < -0.39 is 0 Å². The second kappa shape index (κ2) is 8.09. The maximum absolute atomic E-state index is 12.6. The van der Waals surface area contributed by atoms with E-state index in [2.05, 4.69) is 5.32 Å². The molecular weight excluding hydrogens is 348 g/mol. The summed E-state index contributed by atoms with van der Waals surface area (Å²) >= 11 is 0. The first kappa shape index (κ1) is 18.7. The van der Waals surface area contributed by atoms with Gasteiger partial charge in [0.1, 0.15) is 6.61 Å². The number of carbonyl (C=O) groups excluding carboxylic acids is 2. The third-order valence-electron chi connectivity index (χ3n) is 4.45. The van der Waals surface area contributed by atoms with E-state index >= 15 is 0 Å². The van der Waals surface area contributed by atoms with Crippen molar-refractivity contribution >= 4 is 23.2 Å². The number of amides is 2. The van der Waals surface area contributed by atoms with Crippen LogP contribution in [0.4, 0.5) is 11.4 Å². The summed E-state index contributed by atoms with van der Waals surface area (Å²) in [7, 11) is 4.55. The molecule has 1 heterocycles. The van der Waals surface area contributed by atoms with Crippen molar-refractivity contribution in [2.24, 2.45) is 0 Å². The molecule has 2 amide bonds. The third-order valence-corrected chi connectivity index (χ3v) is 4.45. The average molecular weight is 370 g/mol. The van der Waals surface area contributed by atoms with Gasteiger partial charge in [-0.25, -0.2) is 0 Å². The molecule has 0 bridgehead atoms. The zero-order valence-corrected chi connectivity index (χ0v) is 15.6. The minimum atomic E-state index is -0.274. The van der Waals surface area contributed by atoms with Gasteiger partial charge in [-0.15, -0.1) is 0 Å². The van der Waals surface area contributed by atoms with Crippen LogP contribution in [-0.4, -0.2) is 46.3 Å². The molecule has 142 valence electrons. The lowest BCUT2D eigenvalue weighted by molar-refractivity contribution is -0.122. The Balaban J connectivity index is 1.80. The number of nitrogens with one attached hydrogen (secondary N) is 1. The van der Waals surface area contributed by atoms with Crippen molar-refractivity contribution in [2.45, 2.75) is 6.42 Å². The summed E-state index contributed by atoms with van der Waals surface area (Å²) in [6.45, 7) is 0.645. The van der Waals surface area contributed by atoms with Crippen molar-refractivity contribution < 1.29 is 23.8 Å². The summed E-state index contributed by atoms with van der Waals surface area (Å²) in [4.78, 5) is 26.5. The normalized spacial score (nSPS) is 12.5. The van der Waals surface area contributed by atoms with Crippen LogP contribution in [0.3, 0.4) is 0 Å². The van der Waals surface area contributed by atoms with Crippen molar-refractivity contribution in [3.8, 4) is 11.5 Å². The molecule has 0 saturated carbocycles. The Kier molecular flexibility index (Phi) is 5.61. The van der Waals surface area contributed by atoms with Gasteiger partial charge in [-0.1, -0.05) is 6.07 Å². The molecule has 0 spiro atoms. The lowest BCUT2D eigenvalue weighted by atomic mass is 10.1. The fourth-order valence-corrected chi connectivity index (χ4v) is 3.10. The number of carbonyl (C=O) groups is 2. The third kappa shape index (κ3) is 3.88. The Morgan fingerprint density at radius 1 is 1.04 bits per heavy atom. The number of rotatable bonds is 6. The molecule has 0 unspecified atom stereocenters. The van der Waals surface area contributed by atoms with E-state index in [-0.39, 0.29) is 18.4 Å². The van der Waals surface area contributed by atoms with Gasteiger partial charge in [0, 0.05) is 30.6 Å². The molecular formula is C20H22N2O5. The number of methoxy groups -OCH3 is 3. The van der Waals surface area contributed by atoms with Gasteiger partial charge in [-0.3, -0.25) is 9.59 Å². The molecule has 0 radical (unpaired) electrons. The molecule has 1 aliphatic heterocycles. The maximum atomic E-state index is 12.6. The van der Waals surface area contributed by atoms with Crippen LogP contribution in [0.5, 0.6) is 11.5 Å². The lowest BCUT2D eigenvalue weighted by Gasteiger charge is -2.17. The SMILES string of the molecule is COCC(=O)N1CCc2ccc(NC(=O)c3ccc(OC)c(OC)c3)cc21. The molecule has 0 fully saturated rings. The molecule has 7 heteroatoms. The zero-order chi connectivity index (χ0) is 19.4. The van der Waals surface area contributed by atoms with Crippen molar-refractivity contribution in [1.29, 1.82) is 0 Å². The minimum absolute atomic E-state index is 0.0294. The highest BCUT2D eigenvalue weighted by molar-refractivity contribution is 6.05. The van der Waals surface area contributed by atoms with Crippen molar-refractivity contribution in [3.05, 3.63) is 47.5 Å². The number of anilines is 2. The Bertz CT molecular complexity index is 865. The first-order chi connectivity index (χ1) is 13.1. The summed E-state index contributed by atoms with van der Waals surface area (Å²) < 4.78 is 15.4. The maximum Gasteiger partial charge on any atom is 0.255 e. The van der Waals surface area contributed by atoms with Crippen molar-refractivity contribution in [2.75, 3.05) is 44.7 Å². The summed E-state index contributed by atoms with van der Waals surface area (Å²) in [5, 5.41) is 2.86. The Hall–Kier alpha value is -3.06. The first-order valence-electron chi connectivity index (χ1n) is 8.53. The lowest BCUT2D eigenvalue weighted by Crippen LogP contribution is -2.32. The molecule has 2 aromatic carbocycles.